The largest absolute Gasteiger partial charge is 0.491 e. The number of amides is 1. The zero-order valence-corrected chi connectivity index (χ0v) is 23.7. The fraction of sp³-hybridized carbons (Fsp3) is 0.379. The van der Waals surface area contributed by atoms with Crippen LogP contribution in [0.4, 0.5) is 26.1 Å². The predicted molar refractivity (Wildman–Crippen MR) is 153 cm³/mol. The van der Waals surface area contributed by atoms with E-state index in [9.17, 15) is 4.79 Å². The summed E-state index contributed by atoms with van der Waals surface area (Å²) in [5.74, 6) is -0.996. The van der Waals surface area contributed by atoms with Gasteiger partial charge in [0.25, 0.3) is 0 Å². The first-order valence-electron chi connectivity index (χ1n) is 13.5. The SMILES string of the molecule is CC(=O)N(C)[C@@H]1[C@H](N)CN(c2ccncc2Nc2ncc3ccc(-c4c(F)cc(OC(C)C)cc4F)nn23)C[C@@H]1C. The Hall–Kier alpha value is -4.32. The summed E-state index contributed by atoms with van der Waals surface area (Å²) in [5.41, 5.74) is 8.56. The van der Waals surface area contributed by atoms with Crippen LogP contribution in [0.5, 0.6) is 5.75 Å². The first-order valence-corrected chi connectivity index (χ1v) is 13.5. The van der Waals surface area contributed by atoms with Crippen LogP contribution in [0.15, 0.2) is 48.9 Å². The molecule has 0 spiro atoms. The highest BCUT2D eigenvalue weighted by molar-refractivity contribution is 5.75. The van der Waals surface area contributed by atoms with Crippen LogP contribution in [0, 0.1) is 17.6 Å². The summed E-state index contributed by atoms with van der Waals surface area (Å²) in [6, 6.07) is 7.10. The van der Waals surface area contributed by atoms with E-state index in [0.29, 0.717) is 30.2 Å². The average Bonchev–Trinajstić information content (AvgIpc) is 3.29. The maximum absolute atomic E-state index is 15.0. The third kappa shape index (κ3) is 5.64. The number of piperidine rings is 1. The standard InChI is InChI=1S/C29H34F2N8O2/c1-16(2)41-20-10-21(30)27(22(31)11-20)24-7-6-19-12-34-29(39(19)36-24)35-25-13-33-9-8-26(25)38-14-17(3)28(23(32)15-38)37(5)18(4)40/h6-13,16-17,23,28H,14-15,32H2,1-5H3,(H,34,35)/t17-,23+,28-/m0/s1. The van der Waals surface area contributed by atoms with E-state index in [1.807, 2.05) is 6.07 Å². The molecule has 3 N–H and O–H groups in total. The molecule has 1 aliphatic rings. The number of nitrogens with two attached hydrogens (primary N) is 1. The van der Waals surface area contributed by atoms with E-state index in [2.05, 4.69) is 32.2 Å². The monoisotopic (exact) mass is 564 g/mol. The van der Waals surface area contributed by atoms with Crippen molar-refractivity contribution in [1.82, 2.24) is 24.5 Å². The molecule has 1 aromatic carbocycles. The molecule has 3 aromatic heterocycles. The van der Waals surface area contributed by atoms with Gasteiger partial charge in [0, 0.05) is 51.4 Å². The van der Waals surface area contributed by atoms with Crippen LogP contribution < -0.4 is 20.7 Å². The molecule has 0 unspecified atom stereocenters. The number of nitrogens with zero attached hydrogens (tertiary/aromatic N) is 6. The van der Waals surface area contributed by atoms with Crippen LogP contribution in [-0.4, -0.2) is 68.7 Å². The Balaban J connectivity index is 1.44. The van der Waals surface area contributed by atoms with E-state index >= 15 is 8.78 Å². The molecule has 4 aromatic rings. The number of ether oxygens (including phenoxy) is 1. The number of carbonyl (C=O) groups is 1. The number of pyridine rings is 1. The summed E-state index contributed by atoms with van der Waals surface area (Å²) in [6.45, 7) is 8.40. The smallest absolute Gasteiger partial charge is 0.229 e. The lowest BCUT2D eigenvalue weighted by molar-refractivity contribution is -0.131. The molecule has 216 valence electrons. The van der Waals surface area contributed by atoms with Crippen molar-refractivity contribution in [2.24, 2.45) is 11.7 Å². The van der Waals surface area contributed by atoms with Crippen molar-refractivity contribution in [2.45, 2.75) is 45.9 Å². The number of rotatable bonds is 7. The van der Waals surface area contributed by atoms with Gasteiger partial charge in [-0.05, 0) is 38.0 Å². The molecule has 1 saturated heterocycles. The summed E-state index contributed by atoms with van der Waals surface area (Å²) in [5, 5.41) is 7.79. The second-order valence-electron chi connectivity index (χ2n) is 10.8. The van der Waals surface area contributed by atoms with Gasteiger partial charge < -0.3 is 25.6 Å². The molecule has 0 radical (unpaired) electrons. The molecule has 3 atom stereocenters. The molecular formula is C29H34F2N8O2. The number of nitrogens with one attached hydrogen (secondary N) is 1. The minimum atomic E-state index is -0.777. The van der Waals surface area contributed by atoms with E-state index in [1.165, 1.54) is 4.52 Å². The number of halogens is 2. The highest BCUT2D eigenvalue weighted by Gasteiger charge is 2.36. The Morgan fingerprint density at radius 3 is 2.56 bits per heavy atom. The number of carbonyl (C=O) groups excluding carboxylic acids is 1. The van der Waals surface area contributed by atoms with E-state index in [-0.39, 0.29) is 47.0 Å². The van der Waals surface area contributed by atoms with Gasteiger partial charge in [0.15, 0.2) is 0 Å². The molecule has 0 saturated carbocycles. The van der Waals surface area contributed by atoms with Crippen molar-refractivity contribution >= 4 is 28.7 Å². The lowest BCUT2D eigenvalue weighted by atomic mass is 9.88. The third-order valence-corrected chi connectivity index (χ3v) is 7.32. The van der Waals surface area contributed by atoms with E-state index in [1.54, 1.807) is 63.4 Å². The Morgan fingerprint density at radius 2 is 1.90 bits per heavy atom. The van der Waals surface area contributed by atoms with Crippen molar-refractivity contribution in [3.8, 4) is 17.0 Å². The van der Waals surface area contributed by atoms with Crippen LogP contribution in [0.2, 0.25) is 0 Å². The Morgan fingerprint density at radius 1 is 1.17 bits per heavy atom. The Labute approximate surface area is 237 Å². The molecule has 1 aliphatic heterocycles. The van der Waals surface area contributed by atoms with Gasteiger partial charge in [0.05, 0.1) is 52.7 Å². The van der Waals surface area contributed by atoms with Crippen molar-refractivity contribution < 1.29 is 18.3 Å². The third-order valence-electron chi connectivity index (χ3n) is 7.32. The lowest BCUT2D eigenvalue weighted by Gasteiger charge is -2.46. The zero-order chi connectivity index (χ0) is 29.4. The van der Waals surface area contributed by atoms with Gasteiger partial charge in [0.2, 0.25) is 11.9 Å². The molecule has 0 aliphatic carbocycles. The minimum absolute atomic E-state index is 0.0188. The summed E-state index contributed by atoms with van der Waals surface area (Å²) in [7, 11) is 1.79. The number of likely N-dealkylation sites (N-methyl/N-ethyl adjacent to an activating group) is 1. The van der Waals surface area contributed by atoms with Gasteiger partial charge in [0.1, 0.15) is 17.4 Å². The number of benzene rings is 1. The highest BCUT2D eigenvalue weighted by Crippen LogP contribution is 2.33. The number of anilines is 3. The molecule has 4 heterocycles. The number of fused-ring (bicyclic) bond motifs is 1. The molecule has 41 heavy (non-hydrogen) atoms. The maximum atomic E-state index is 15.0. The van der Waals surface area contributed by atoms with Gasteiger partial charge >= 0.3 is 0 Å². The van der Waals surface area contributed by atoms with Gasteiger partial charge in [-0.1, -0.05) is 6.92 Å². The second-order valence-corrected chi connectivity index (χ2v) is 10.8. The first-order chi connectivity index (χ1) is 19.5. The van der Waals surface area contributed by atoms with Gasteiger partial charge in [-0.15, -0.1) is 0 Å². The van der Waals surface area contributed by atoms with E-state index in [0.717, 1.165) is 17.8 Å². The summed E-state index contributed by atoms with van der Waals surface area (Å²) >= 11 is 0. The summed E-state index contributed by atoms with van der Waals surface area (Å²) in [6.07, 6.45) is 4.76. The molecular weight excluding hydrogens is 530 g/mol. The Bertz CT molecular complexity index is 1540. The fourth-order valence-electron chi connectivity index (χ4n) is 5.51. The molecule has 1 fully saturated rings. The zero-order valence-electron chi connectivity index (χ0n) is 23.7. The van der Waals surface area contributed by atoms with Crippen molar-refractivity contribution in [3.63, 3.8) is 0 Å². The van der Waals surface area contributed by atoms with Crippen molar-refractivity contribution in [2.75, 3.05) is 30.4 Å². The number of imidazole rings is 1. The quantitative estimate of drug-likeness (QED) is 0.343. The summed E-state index contributed by atoms with van der Waals surface area (Å²) in [4.78, 5) is 24.6. The predicted octanol–water partition coefficient (Wildman–Crippen LogP) is 4.23. The van der Waals surface area contributed by atoms with Crippen LogP contribution >= 0.6 is 0 Å². The molecule has 12 heteroatoms. The average molecular weight is 565 g/mol. The number of hydrogen-bond donors (Lipinski definition) is 2. The van der Waals surface area contributed by atoms with Crippen LogP contribution in [0.3, 0.4) is 0 Å². The van der Waals surface area contributed by atoms with Crippen LogP contribution in [-0.2, 0) is 4.79 Å². The number of hydrogen-bond acceptors (Lipinski definition) is 8. The van der Waals surface area contributed by atoms with Gasteiger partial charge in [-0.25, -0.2) is 13.8 Å². The van der Waals surface area contributed by atoms with Crippen molar-refractivity contribution in [1.29, 1.82) is 0 Å². The van der Waals surface area contributed by atoms with Crippen LogP contribution in [0.1, 0.15) is 27.7 Å². The summed E-state index contributed by atoms with van der Waals surface area (Å²) < 4.78 is 37.0. The fourth-order valence-corrected chi connectivity index (χ4v) is 5.51. The minimum Gasteiger partial charge on any atom is -0.491 e. The Kier molecular flexibility index (Phi) is 7.76. The lowest BCUT2D eigenvalue weighted by Crippen LogP contribution is -2.62. The molecule has 5 rings (SSSR count). The van der Waals surface area contributed by atoms with Gasteiger partial charge in [-0.2, -0.15) is 9.61 Å². The van der Waals surface area contributed by atoms with E-state index < -0.39 is 11.6 Å². The topological polar surface area (TPSA) is 114 Å². The molecule has 0 bridgehead atoms. The van der Waals surface area contributed by atoms with Crippen molar-refractivity contribution in [3.05, 3.63) is 60.6 Å². The van der Waals surface area contributed by atoms with Gasteiger partial charge in [-0.3, -0.25) is 9.78 Å². The second kappa shape index (κ2) is 11.3. The molecule has 1 amide bonds. The highest BCUT2D eigenvalue weighted by atomic mass is 19.1. The van der Waals surface area contributed by atoms with Crippen LogP contribution in [0.25, 0.3) is 16.8 Å². The van der Waals surface area contributed by atoms with E-state index in [4.69, 9.17) is 10.5 Å². The number of aromatic nitrogens is 4. The maximum Gasteiger partial charge on any atom is 0.229 e. The normalized spacial score (nSPS) is 19.0. The molecule has 10 nitrogen and oxygen atoms in total. The first kappa shape index (κ1) is 28.2.